The Balaban J connectivity index is 2.55. The van der Waals surface area contributed by atoms with Gasteiger partial charge in [0.15, 0.2) is 5.75 Å². The molecular formula is C6H8O7P2S. The smallest absolute Gasteiger partial charge is 0.329 e. The standard InChI is InChI=1S/C6H8O7P2S/c7-14(8,9)13-15(10,16)12-11-6-4-2-1-3-5-6/h1-5H,(H,10,16)(H2,7,8,9). The van der Waals surface area contributed by atoms with E-state index in [1.165, 1.54) is 12.1 Å². The lowest BCUT2D eigenvalue weighted by Gasteiger charge is -2.14. The summed E-state index contributed by atoms with van der Waals surface area (Å²) in [5.41, 5.74) is 0. The predicted molar refractivity (Wildman–Crippen MR) is 57.8 cm³/mol. The van der Waals surface area contributed by atoms with Gasteiger partial charge in [-0.3, -0.25) is 0 Å². The highest BCUT2D eigenvalue weighted by molar-refractivity contribution is 8.08. The van der Waals surface area contributed by atoms with Gasteiger partial charge in [0.1, 0.15) is 0 Å². The maximum Gasteiger partial charge on any atom is 0.476 e. The molecule has 1 aromatic rings. The van der Waals surface area contributed by atoms with Crippen LogP contribution in [0.25, 0.3) is 0 Å². The molecule has 1 unspecified atom stereocenters. The Bertz CT molecular complexity index is 430. The number of hydrogen-bond donors (Lipinski definition) is 3. The molecule has 0 bridgehead atoms. The Morgan fingerprint density at radius 2 is 1.69 bits per heavy atom. The van der Waals surface area contributed by atoms with E-state index in [0.717, 1.165) is 0 Å². The second-order valence-corrected chi connectivity index (χ2v) is 6.62. The molecule has 1 atom stereocenters. The average molecular weight is 286 g/mol. The first kappa shape index (κ1) is 13.8. The van der Waals surface area contributed by atoms with Gasteiger partial charge < -0.3 is 19.6 Å². The second kappa shape index (κ2) is 5.35. The van der Waals surface area contributed by atoms with E-state index in [1.54, 1.807) is 18.2 Å². The van der Waals surface area contributed by atoms with E-state index in [2.05, 4.69) is 25.7 Å². The van der Waals surface area contributed by atoms with Gasteiger partial charge in [0.25, 0.3) is 0 Å². The topological polar surface area (TPSA) is 105 Å². The van der Waals surface area contributed by atoms with Crippen LogP contribution < -0.4 is 4.89 Å². The van der Waals surface area contributed by atoms with Gasteiger partial charge in [0, 0.05) is 0 Å². The van der Waals surface area contributed by atoms with Gasteiger partial charge in [-0.25, -0.2) is 8.88 Å². The van der Waals surface area contributed by atoms with Crippen LogP contribution in [0.4, 0.5) is 0 Å². The predicted octanol–water partition coefficient (Wildman–Crippen LogP) is 1.32. The largest absolute Gasteiger partial charge is 0.476 e. The van der Waals surface area contributed by atoms with Crippen LogP contribution in [-0.4, -0.2) is 14.7 Å². The molecule has 16 heavy (non-hydrogen) atoms. The fraction of sp³-hybridized carbons (Fsp3) is 0. The molecule has 0 aliphatic heterocycles. The van der Waals surface area contributed by atoms with Crippen molar-refractivity contribution in [3.05, 3.63) is 30.3 Å². The Morgan fingerprint density at radius 3 is 2.19 bits per heavy atom. The molecule has 0 spiro atoms. The molecule has 1 aromatic carbocycles. The fourth-order valence-electron chi connectivity index (χ4n) is 0.714. The quantitative estimate of drug-likeness (QED) is 0.423. The molecule has 0 heterocycles. The second-order valence-electron chi connectivity index (χ2n) is 2.51. The molecule has 0 saturated carbocycles. The Morgan fingerprint density at radius 1 is 1.12 bits per heavy atom. The molecule has 0 aliphatic carbocycles. The van der Waals surface area contributed by atoms with E-state index < -0.39 is 14.5 Å². The molecule has 7 nitrogen and oxygen atoms in total. The van der Waals surface area contributed by atoms with Crippen molar-refractivity contribution in [3.63, 3.8) is 0 Å². The third-order valence-electron chi connectivity index (χ3n) is 1.18. The molecular weight excluding hydrogens is 278 g/mol. The summed E-state index contributed by atoms with van der Waals surface area (Å²) in [6.45, 7) is -4.13. The highest BCUT2D eigenvalue weighted by Gasteiger charge is 2.29. The average Bonchev–Trinajstić information content (AvgIpc) is 2.13. The molecule has 90 valence electrons. The number of rotatable bonds is 5. The van der Waals surface area contributed by atoms with E-state index >= 15 is 0 Å². The Labute approximate surface area is 96.0 Å². The van der Waals surface area contributed by atoms with Crippen LogP contribution in [-0.2, 0) is 25.4 Å². The van der Waals surface area contributed by atoms with Gasteiger partial charge in [0.2, 0.25) is 0 Å². The van der Waals surface area contributed by atoms with E-state index in [-0.39, 0.29) is 5.75 Å². The molecule has 0 fully saturated rings. The van der Waals surface area contributed by atoms with Gasteiger partial charge in [0.05, 0.1) is 0 Å². The van der Waals surface area contributed by atoms with Crippen LogP contribution in [0.15, 0.2) is 30.3 Å². The van der Waals surface area contributed by atoms with Crippen molar-refractivity contribution in [3.8, 4) is 5.75 Å². The van der Waals surface area contributed by atoms with Gasteiger partial charge >= 0.3 is 14.5 Å². The molecule has 3 N–H and O–H groups in total. The minimum atomic E-state index is -4.92. The number of benzene rings is 1. The lowest BCUT2D eigenvalue weighted by molar-refractivity contribution is -0.110. The summed E-state index contributed by atoms with van der Waals surface area (Å²) in [7, 11) is -4.92. The van der Waals surface area contributed by atoms with E-state index in [9.17, 15) is 9.46 Å². The summed E-state index contributed by atoms with van der Waals surface area (Å²) < 4.78 is 18.5. The van der Waals surface area contributed by atoms with E-state index in [0.29, 0.717) is 0 Å². The van der Waals surface area contributed by atoms with Crippen molar-refractivity contribution in [2.24, 2.45) is 0 Å². The first-order chi connectivity index (χ1) is 7.29. The summed E-state index contributed by atoms with van der Waals surface area (Å²) in [6.07, 6.45) is 0. The molecule has 0 saturated heterocycles. The summed E-state index contributed by atoms with van der Waals surface area (Å²) >= 11 is 4.30. The van der Waals surface area contributed by atoms with Gasteiger partial charge in [-0.1, -0.05) is 22.9 Å². The van der Waals surface area contributed by atoms with Crippen LogP contribution in [0.2, 0.25) is 0 Å². The number of hydrogen-bond acceptors (Lipinski definition) is 5. The first-order valence-electron chi connectivity index (χ1n) is 3.79. The van der Waals surface area contributed by atoms with Crippen molar-refractivity contribution in [2.75, 3.05) is 0 Å². The highest BCUT2D eigenvalue weighted by atomic mass is 32.5. The zero-order valence-corrected chi connectivity index (χ0v) is 10.3. The minimum Gasteiger partial charge on any atom is -0.329 e. The lowest BCUT2D eigenvalue weighted by atomic mass is 10.3. The molecule has 1 rings (SSSR count). The van der Waals surface area contributed by atoms with Gasteiger partial charge in [-0.2, -0.15) is 0 Å². The zero-order chi connectivity index (χ0) is 12.2. The van der Waals surface area contributed by atoms with Crippen molar-refractivity contribution < 1.29 is 33.1 Å². The maximum atomic E-state index is 10.4. The zero-order valence-electron chi connectivity index (χ0n) is 7.66. The third-order valence-corrected chi connectivity index (χ3v) is 3.90. The number of phosphoric acid groups is 1. The van der Waals surface area contributed by atoms with Crippen LogP contribution in [0.3, 0.4) is 0 Å². The molecule has 0 radical (unpaired) electrons. The van der Waals surface area contributed by atoms with Crippen LogP contribution in [0.1, 0.15) is 0 Å². The van der Waals surface area contributed by atoms with Gasteiger partial charge in [-0.15, -0.1) is 0 Å². The summed E-state index contributed by atoms with van der Waals surface area (Å²) in [5, 5.41) is 0. The monoisotopic (exact) mass is 286 g/mol. The first-order valence-corrected chi connectivity index (χ1v) is 7.92. The van der Waals surface area contributed by atoms with E-state index in [1.807, 2.05) is 0 Å². The lowest BCUT2D eigenvalue weighted by Crippen LogP contribution is -1.97. The Kier molecular flexibility index (Phi) is 4.61. The third kappa shape index (κ3) is 5.69. The minimum absolute atomic E-state index is 0.208. The highest BCUT2D eigenvalue weighted by Crippen LogP contribution is 2.57. The molecule has 0 aromatic heterocycles. The normalized spacial score (nSPS) is 15.4. The summed E-state index contributed by atoms with van der Waals surface area (Å²) in [4.78, 5) is 30.5. The van der Waals surface area contributed by atoms with Crippen LogP contribution in [0.5, 0.6) is 5.75 Å². The molecule has 0 aliphatic rings. The number of para-hydroxylation sites is 1. The SMILES string of the molecule is O=P(O)(O)OP(O)(=S)OOc1ccccc1. The Hall–Kier alpha value is -0.300. The van der Waals surface area contributed by atoms with Crippen molar-refractivity contribution in [1.82, 2.24) is 0 Å². The summed E-state index contributed by atoms with van der Waals surface area (Å²) in [6, 6.07) is 7.96. The van der Waals surface area contributed by atoms with Crippen molar-refractivity contribution in [1.29, 1.82) is 0 Å². The van der Waals surface area contributed by atoms with Crippen molar-refractivity contribution >= 4 is 26.3 Å². The maximum absolute atomic E-state index is 10.4. The summed E-state index contributed by atoms with van der Waals surface area (Å²) in [5.74, 6) is 0.208. The van der Waals surface area contributed by atoms with Gasteiger partial charge in [-0.05, 0) is 23.9 Å². The van der Waals surface area contributed by atoms with Crippen molar-refractivity contribution in [2.45, 2.75) is 0 Å². The van der Waals surface area contributed by atoms with Crippen LogP contribution >= 0.6 is 14.5 Å². The van der Waals surface area contributed by atoms with E-state index in [4.69, 9.17) is 9.79 Å². The fourth-order valence-corrected chi connectivity index (χ4v) is 2.95. The van der Waals surface area contributed by atoms with Crippen LogP contribution in [0, 0.1) is 0 Å². The molecule has 10 heteroatoms. The molecule has 0 amide bonds.